The lowest BCUT2D eigenvalue weighted by atomic mass is 10.0. The monoisotopic (exact) mass is 313 g/mol. The molecular weight excluding hydrogens is 294 g/mol. The molecule has 4 heteroatoms. The van der Waals surface area contributed by atoms with Gasteiger partial charge in [0.05, 0.1) is 6.61 Å². The van der Waals surface area contributed by atoms with Gasteiger partial charge in [0.2, 0.25) is 0 Å². The van der Waals surface area contributed by atoms with Crippen molar-refractivity contribution in [3.63, 3.8) is 0 Å². The lowest BCUT2D eigenvalue weighted by Crippen LogP contribution is -2.27. The summed E-state index contributed by atoms with van der Waals surface area (Å²) in [4.78, 5) is 0. The summed E-state index contributed by atoms with van der Waals surface area (Å²) in [5.41, 5.74) is 0.964. The Morgan fingerprint density at radius 1 is 1.56 bits per heavy atom. The van der Waals surface area contributed by atoms with Crippen LogP contribution in [0, 0.1) is 5.92 Å². The van der Waals surface area contributed by atoms with E-state index in [1.165, 1.54) is 0 Å². The molecule has 1 heterocycles. The highest BCUT2D eigenvalue weighted by atomic mass is 79.9. The Bertz CT molecular complexity index is 391. The van der Waals surface area contributed by atoms with E-state index in [-0.39, 0.29) is 6.04 Å². The number of benzene rings is 1. The van der Waals surface area contributed by atoms with Crippen LogP contribution in [0.15, 0.2) is 22.7 Å². The minimum absolute atomic E-state index is 0.197. The van der Waals surface area contributed by atoms with Gasteiger partial charge >= 0.3 is 0 Å². The van der Waals surface area contributed by atoms with Gasteiger partial charge in [-0.25, -0.2) is 0 Å². The number of hydrogen-bond acceptors (Lipinski definition) is 3. The number of ether oxygens (including phenoxy) is 1. The van der Waals surface area contributed by atoms with Crippen molar-refractivity contribution >= 4 is 15.9 Å². The average Bonchev–Trinajstić information content (AvgIpc) is 2.87. The molecule has 0 saturated carbocycles. The summed E-state index contributed by atoms with van der Waals surface area (Å²) >= 11 is 3.45. The van der Waals surface area contributed by atoms with Crippen LogP contribution in [0.5, 0.6) is 5.75 Å². The van der Waals surface area contributed by atoms with Crippen LogP contribution < -0.4 is 5.32 Å². The van der Waals surface area contributed by atoms with Crippen molar-refractivity contribution in [1.82, 2.24) is 5.32 Å². The normalized spacial score (nSPS) is 21.1. The Morgan fingerprint density at radius 2 is 2.39 bits per heavy atom. The van der Waals surface area contributed by atoms with Crippen molar-refractivity contribution in [3.8, 4) is 5.75 Å². The van der Waals surface area contributed by atoms with Crippen LogP contribution in [0.2, 0.25) is 0 Å². The second-order valence-corrected chi connectivity index (χ2v) is 5.72. The number of phenolic OH excluding ortho intramolecular Hbond substituents is 1. The second-order valence-electron chi connectivity index (χ2n) is 4.80. The topological polar surface area (TPSA) is 41.5 Å². The zero-order valence-electron chi connectivity index (χ0n) is 10.7. The molecule has 1 aromatic rings. The molecule has 0 radical (unpaired) electrons. The Balaban J connectivity index is 2.00. The number of halogens is 1. The van der Waals surface area contributed by atoms with E-state index >= 15 is 0 Å². The SMILES string of the molecule is CCC(NCC1CCOC1)c1cc(Br)ccc1O. The molecule has 3 nitrogen and oxygen atoms in total. The Morgan fingerprint density at radius 3 is 3.06 bits per heavy atom. The van der Waals surface area contributed by atoms with Gasteiger partial charge in [0.25, 0.3) is 0 Å². The van der Waals surface area contributed by atoms with Crippen molar-refractivity contribution in [2.75, 3.05) is 19.8 Å². The molecular formula is C14H20BrNO2. The van der Waals surface area contributed by atoms with E-state index in [0.717, 1.165) is 42.6 Å². The quantitative estimate of drug-likeness (QED) is 0.877. The van der Waals surface area contributed by atoms with E-state index < -0.39 is 0 Å². The predicted octanol–water partition coefficient (Wildman–Crippen LogP) is 3.23. The molecule has 2 N–H and O–H groups in total. The Kier molecular flexibility index (Phi) is 5.03. The van der Waals surface area contributed by atoms with Crippen molar-refractivity contribution in [2.24, 2.45) is 5.92 Å². The van der Waals surface area contributed by atoms with Gasteiger partial charge in [-0.2, -0.15) is 0 Å². The molecule has 1 fully saturated rings. The van der Waals surface area contributed by atoms with Crippen LogP contribution in [0.4, 0.5) is 0 Å². The number of nitrogens with one attached hydrogen (secondary N) is 1. The molecule has 2 atom stereocenters. The van der Waals surface area contributed by atoms with Crippen LogP contribution in [0.3, 0.4) is 0 Å². The summed E-state index contributed by atoms with van der Waals surface area (Å²) in [6.45, 7) is 4.81. The third-order valence-electron chi connectivity index (χ3n) is 3.45. The van der Waals surface area contributed by atoms with Gasteiger partial charge in [-0.3, -0.25) is 0 Å². The molecule has 0 aliphatic carbocycles. The summed E-state index contributed by atoms with van der Waals surface area (Å²) < 4.78 is 6.37. The highest BCUT2D eigenvalue weighted by molar-refractivity contribution is 9.10. The minimum Gasteiger partial charge on any atom is -0.508 e. The van der Waals surface area contributed by atoms with Crippen molar-refractivity contribution in [3.05, 3.63) is 28.2 Å². The fourth-order valence-corrected chi connectivity index (χ4v) is 2.71. The first kappa shape index (κ1) is 13.8. The van der Waals surface area contributed by atoms with E-state index in [0.29, 0.717) is 11.7 Å². The second kappa shape index (κ2) is 6.55. The maximum atomic E-state index is 9.94. The van der Waals surface area contributed by atoms with E-state index in [9.17, 15) is 5.11 Å². The van der Waals surface area contributed by atoms with Gasteiger partial charge in [0, 0.05) is 29.2 Å². The Hall–Kier alpha value is -0.580. The first-order valence-corrected chi connectivity index (χ1v) is 7.29. The third-order valence-corrected chi connectivity index (χ3v) is 3.94. The van der Waals surface area contributed by atoms with Gasteiger partial charge in [-0.15, -0.1) is 0 Å². The van der Waals surface area contributed by atoms with Crippen molar-refractivity contribution in [2.45, 2.75) is 25.8 Å². The highest BCUT2D eigenvalue weighted by Gasteiger charge is 2.19. The van der Waals surface area contributed by atoms with E-state index in [4.69, 9.17) is 4.74 Å². The number of rotatable bonds is 5. The third kappa shape index (κ3) is 3.46. The molecule has 0 spiro atoms. The van der Waals surface area contributed by atoms with Gasteiger partial charge in [-0.1, -0.05) is 22.9 Å². The molecule has 1 aromatic carbocycles. The minimum atomic E-state index is 0.197. The number of hydrogen-bond donors (Lipinski definition) is 2. The van der Waals surface area contributed by atoms with Gasteiger partial charge in [-0.05, 0) is 37.0 Å². The standard InChI is InChI=1S/C14H20BrNO2/c1-2-13(16-8-10-5-6-18-9-10)12-7-11(15)3-4-14(12)17/h3-4,7,10,13,16-17H,2,5-6,8-9H2,1H3. The molecule has 0 aromatic heterocycles. The lowest BCUT2D eigenvalue weighted by molar-refractivity contribution is 0.184. The molecule has 1 aliphatic rings. The summed E-state index contributed by atoms with van der Waals surface area (Å²) in [5, 5.41) is 13.5. The van der Waals surface area contributed by atoms with E-state index in [1.54, 1.807) is 6.07 Å². The van der Waals surface area contributed by atoms with Crippen LogP contribution in [-0.4, -0.2) is 24.9 Å². The molecule has 1 aliphatic heterocycles. The van der Waals surface area contributed by atoms with Crippen LogP contribution in [0.1, 0.15) is 31.4 Å². The maximum Gasteiger partial charge on any atom is 0.120 e. The summed E-state index contributed by atoms with van der Waals surface area (Å²) in [7, 11) is 0. The fourth-order valence-electron chi connectivity index (χ4n) is 2.33. The van der Waals surface area contributed by atoms with Gasteiger partial charge in [0.1, 0.15) is 5.75 Å². The highest BCUT2D eigenvalue weighted by Crippen LogP contribution is 2.29. The lowest BCUT2D eigenvalue weighted by Gasteiger charge is -2.20. The van der Waals surface area contributed by atoms with E-state index in [2.05, 4.69) is 28.2 Å². The molecule has 100 valence electrons. The van der Waals surface area contributed by atoms with Crippen LogP contribution in [0.25, 0.3) is 0 Å². The first-order valence-electron chi connectivity index (χ1n) is 6.50. The fraction of sp³-hybridized carbons (Fsp3) is 0.571. The Labute approximate surface area is 117 Å². The first-order chi connectivity index (χ1) is 8.70. The molecule has 2 rings (SSSR count). The summed E-state index contributed by atoms with van der Waals surface area (Å²) in [6.07, 6.45) is 2.09. The van der Waals surface area contributed by atoms with Crippen LogP contribution in [-0.2, 0) is 4.74 Å². The van der Waals surface area contributed by atoms with Gasteiger partial charge < -0.3 is 15.2 Å². The molecule has 0 bridgehead atoms. The molecule has 2 unspecified atom stereocenters. The average molecular weight is 314 g/mol. The van der Waals surface area contributed by atoms with Gasteiger partial charge in [0.15, 0.2) is 0 Å². The molecule has 0 amide bonds. The molecule has 1 saturated heterocycles. The largest absolute Gasteiger partial charge is 0.508 e. The summed E-state index contributed by atoms with van der Waals surface area (Å²) in [5.74, 6) is 0.966. The smallest absolute Gasteiger partial charge is 0.120 e. The number of phenols is 1. The zero-order valence-corrected chi connectivity index (χ0v) is 12.2. The number of aromatic hydroxyl groups is 1. The van der Waals surface area contributed by atoms with Crippen molar-refractivity contribution in [1.29, 1.82) is 0 Å². The van der Waals surface area contributed by atoms with Crippen LogP contribution >= 0.6 is 15.9 Å². The van der Waals surface area contributed by atoms with Crippen molar-refractivity contribution < 1.29 is 9.84 Å². The maximum absolute atomic E-state index is 9.94. The molecule has 18 heavy (non-hydrogen) atoms. The predicted molar refractivity (Wildman–Crippen MR) is 75.8 cm³/mol. The van der Waals surface area contributed by atoms with E-state index in [1.807, 2.05) is 12.1 Å². The zero-order chi connectivity index (χ0) is 13.0. The summed E-state index contributed by atoms with van der Waals surface area (Å²) in [6, 6.07) is 5.78.